The van der Waals surface area contributed by atoms with E-state index < -0.39 is 10.0 Å². The van der Waals surface area contributed by atoms with Crippen LogP contribution < -0.4 is 0 Å². The molecule has 1 aromatic carbocycles. The van der Waals surface area contributed by atoms with Crippen LogP contribution in [0.1, 0.15) is 17.4 Å². The third kappa shape index (κ3) is 3.64. The van der Waals surface area contributed by atoms with Crippen molar-refractivity contribution in [3.05, 3.63) is 51.2 Å². The Balaban J connectivity index is 2.39. The molecule has 114 valence electrons. The Morgan fingerprint density at radius 2 is 2.10 bits per heavy atom. The van der Waals surface area contributed by atoms with Gasteiger partial charge in [-0.15, -0.1) is 11.3 Å². The van der Waals surface area contributed by atoms with Crippen LogP contribution in [0.15, 0.2) is 40.6 Å². The predicted octanol–water partition coefficient (Wildman–Crippen LogP) is 3.10. The maximum absolute atomic E-state index is 12.7. The van der Waals surface area contributed by atoms with Crippen molar-refractivity contribution in [3.63, 3.8) is 0 Å². The molecule has 0 fully saturated rings. The van der Waals surface area contributed by atoms with Gasteiger partial charge in [0.1, 0.15) is 4.90 Å². The third-order valence-electron chi connectivity index (χ3n) is 3.06. The van der Waals surface area contributed by atoms with Gasteiger partial charge in [-0.05, 0) is 29.1 Å². The van der Waals surface area contributed by atoms with E-state index in [1.165, 1.54) is 27.8 Å². The summed E-state index contributed by atoms with van der Waals surface area (Å²) < 4.78 is 26.9. The first kappa shape index (κ1) is 16.5. The zero-order chi connectivity index (χ0) is 15.5. The topological polar surface area (TPSA) is 57.6 Å². The summed E-state index contributed by atoms with van der Waals surface area (Å²) in [5.74, 6) is 0. The first-order valence-electron chi connectivity index (χ1n) is 6.41. The number of thiophene rings is 1. The van der Waals surface area contributed by atoms with Crippen LogP contribution >= 0.6 is 22.9 Å². The largest absolute Gasteiger partial charge is 0.392 e. The van der Waals surface area contributed by atoms with E-state index in [4.69, 9.17) is 11.6 Å². The van der Waals surface area contributed by atoms with Gasteiger partial charge in [-0.3, -0.25) is 0 Å². The monoisotopic (exact) mass is 345 g/mol. The standard InChI is InChI=1S/C14H16ClNO3S2/c1-2-16(9-12-4-3-7-20-12)21(18,19)14-8-11(10-17)5-6-13(14)15/h3-8,17H,2,9-10H2,1H3. The van der Waals surface area contributed by atoms with Crippen molar-refractivity contribution >= 4 is 33.0 Å². The van der Waals surface area contributed by atoms with E-state index in [0.29, 0.717) is 18.7 Å². The molecule has 0 radical (unpaired) electrons. The van der Waals surface area contributed by atoms with Crippen LogP contribution in [-0.2, 0) is 23.2 Å². The molecule has 4 nitrogen and oxygen atoms in total. The minimum atomic E-state index is -3.69. The SMILES string of the molecule is CCN(Cc1cccs1)S(=O)(=O)c1cc(CO)ccc1Cl. The lowest BCUT2D eigenvalue weighted by Crippen LogP contribution is -2.30. The van der Waals surface area contributed by atoms with Gasteiger partial charge in [0.05, 0.1) is 11.6 Å². The van der Waals surface area contributed by atoms with Crippen LogP contribution in [0.4, 0.5) is 0 Å². The summed E-state index contributed by atoms with van der Waals surface area (Å²) in [5.41, 5.74) is 0.519. The quantitative estimate of drug-likeness (QED) is 0.875. The van der Waals surface area contributed by atoms with Gasteiger partial charge in [0.25, 0.3) is 0 Å². The summed E-state index contributed by atoms with van der Waals surface area (Å²) in [6.07, 6.45) is 0. The smallest absolute Gasteiger partial charge is 0.244 e. The Bertz CT molecular complexity index is 699. The maximum Gasteiger partial charge on any atom is 0.244 e. The summed E-state index contributed by atoms with van der Waals surface area (Å²) in [6, 6.07) is 8.32. The van der Waals surface area contributed by atoms with Crippen LogP contribution in [0.2, 0.25) is 5.02 Å². The molecule has 0 aliphatic carbocycles. The van der Waals surface area contributed by atoms with Gasteiger partial charge in [-0.25, -0.2) is 8.42 Å². The molecule has 0 bridgehead atoms. The minimum Gasteiger partial charge on any atom is -0.392 e. The van der Waals surface area contributed by atoms with E-state index in [9.17, 15) is 13.5 Å². The van der Waals surface area contributed by atoms with Crippen molar-refractivity contribution in [1.29, 1.82) is 0 Å². The fourth-order valence-corrected chi connectivity index (χ4v) is 4.68. The average molecular weight is 346 g/mol. The van der Waals surface area contributed by atoms with Crippen LogP contribution in [0, 0.1) is 0 Å². The average Bonchev–Trinajstić information content (AvgIpc) is 2.98. The van der Waals surface area contributed by atoms with E-state index in [-0.39, 0.29) is 16.5 Å². The molecule has 0 atom stereocenters. The molecular formula is C14H16ClNO3S2. The van der Waals surface area contributed by atoms with Crippen molar-refractivity contribution < 1.29 is 13.5 Å². The molecule has 1 aromatic heterocycles. The van der Waals surface area contributed by atoms with Gasteiger partial charge in [-0.2, -0.15) is 4.31 Å². The highest BCUT2D eigenvalue weighted by molar-refractivity contribution is 7.89. The number of aliphatic hydroxyl groups excluding tert-OH is 1. The van der Waals surface area contributed by atoms with Gasteiger partial charge in [0.2, 0.25) is 10.0 Å². The second-order valence-electron chi connectivity index (χ2n) is 4.43. The third-order valence-corrected chi connectivity index (χ3v) is 6.32. The van der Waals surface area contributed by atoms with E-state index >= 15 is 0 Å². The molecule has 0 saturated carbocycles. The first-order chi connectivity index (χ1) is 9.98. The van der Waals surface area contributed by atoms with Crippen molar-refractivity contribution in [3.8, 4) is 0 Å². The fraction of sp³-hybridized carbons (Fsp3) is 0.286. The molecule has 1 N–H and O–H groups in total. The van der Waals surface area contributed by atoms with E-state index in [1.54, 1.807) is 13.0 Å². The number of sulfonamides is 1. The highest BCUT2D eigenvalue weighted by Gasteiger charge is 2.26. The van der Waals surface area contributed by atoms with Crippen LogP contribution in [0.3, 0.4) is 0 Å². The fourth-order valence-electron chi connectivity index (χ4n) is 1.93. The molecular weight excluding hydrogens is 330 g/mol. The summed E-state index contributed by atoms with van der Waals surface area (Å²) >= 11 is 7.55. The van der Waals surface area contributed by atoms with Crippen molar-refractivity contribution in [2.45, 2.75) is 25.0 Å². The summed E-state index contributed by atoms with van der Waals surface area (Å²) in [5, 5.41) is 11.2. The Labute approximate surface area is 133 Å². The maximum atomic E-state index is 12.7. The first-order valence-corrected chi connectivity index (χ1v) is 9.10. The summed E-state index contributed by atoms with van der Waals surface area (Å²) in [4.78, 5) is 1.00. The second kappa shape index (κ2) is 6.89. The Morgan fingerprint density at radius 3 is 2.67 bits per heavy atom. The summed E-state index contributed by atoms with van der Waals surface area (Å²) in [7, 11) is -3.69. The number of halogens is 1. The number of rotatable bonds is 6. The Kier molecular flexibility index (Phi) is 5.40. The van der Waals surface area contributed by atoms with Crippen molar-refractivity contribution in [1.82, 2.24) is 4.31 Å². The van der Waals surface area contributed by atoms with E-state index in [1.807, 2.05) is 17.5 Å². The molecule has 0 aliphatic rings. The highest BCUT2D eigenvalue weighted by Crippen LogP contribution is 2.27. The van der Waals surface area contributed by atoms with E-state index in [0.717, 1.165) is 4.88 Å². The normalized spacial score (nSPS) is 12.0. The summed E-state index contributed by atoms with van der Waals surface area (Å²) in [6.45, 7) is 2.22. The molecule has 0 unspecified atom stereocenters. The van der Waals surface area contributed by atoms with Crippen LogP contribution in [-0.4, -0.2) is 24.4 Å². The van der Waals surface area contributed by atoms with Gasteiger partial charge >= 0.3 is 0 Å². The number of aliphatic hydroxyl groups is 1. The van der Waals surface area contributed by atoms with Gasteiger partial charge in [-0.1, -0.05) is 30.7 Å². The zero-order valence-corrected chi connectivity index (χ0v) is 13.9. The molecule has 0 spiro atoms. The molecule has 21 heavy (non-hydrogen) atoms. The van der Waals surface area contributed by atoms with E-state index in [2.05, 4.69) is 0 Å². The Morgan fingerprint density at radius 1 is 1.33 bits per heavy atom. The number of nitrogens with zero attached hydrogens (tertiary/aromatic N) is 1. The predicted molar refractivity (Wildman–Crippen MR) is 85.0 cm³/mol. The van der Waals surface area contributed by atoms with Gasteiger partial charge in [0, 0.05) is 18.0 Å². The molecule has 7 heteroatoms. The molecule has 2 aromatic rings. The number of hydrogen-bond donors (Lipinski definition) is 1. The highest BCUT2D eigenvalue weighted by atomic mass is 35.5. The number of hydrogen-bond acceptors (Lipinski definition) is 4. The van der Waals surface area contributed by atoms with Gasteiger partial charge in [0.15, 0.2) is 0 Å². The molecule has 0 saturated heterocycles. The van der Waals surface area contributed by atoms with Crippen LogP contribution in [0.25, 0.3) is 0 Å². The van der Waals surface area contributed by atoms with Crippen molar-refractivity contribution in [2.24, 2.45) is 0 Å². The second-order valence-corrected chi connectivity index (χ2v) is 7.78. The lowest BCUT2D eigenvalue weighted by Gasteiger charge is -2.21. The molecule has 1 heterocycles. The lowest BCUT2D eigenvalue weighted by molar-refractivity contribution is 0.281. The van der Waals surface area contributed by atoms with Gasteiger partial charge < -0.3 is 5.11 Å². The Hall–Kier alpha value is -0.920. The molecule has 0 amide bonds. The minimum absolute atomic E-state index is 0.0362. The molecule has 0 aliphatic heterocycles. The zero-order valence-electron chi connectivity index (χ0n) is 11.5. The number of benzene rings is 1. The molecule has 2 rings (SSSR count). The lowest BCUT2D eigenvalue weighted by atomic mass is 10.2. The van der Waals surface area contributed by atoms with Crippen LogP contribution in [0.5, 0.6) is 0 Å². The van der Waals surface area contributed by atoms with Crippen molar-refractivity contribution in [2.75, 3.05) is 6.54 Å².